The molecule has 0 N–H and O–H groups in total. The van der Waals surface area contributed by atoms with E-state index in [1.807, 2.05) is 6.92 Å². The van der Waals surface area contributed by atoms with Crippen molar-refractivity contribution in [1.82, 2.24) is 9.97 Å². The first kappa shape index (κ1) is 27.0. The first-order chi connectivity index (χ1) is 19.4. The lowest BCUT2D eigenvalue weighted by molar-refractivity contribution is -0.141. The molecule has 9 nitrogen and oxygen atoms in total. The van der Waals surface area contributed by atoms with E-state index in [1.165, 1.54) is 23.9 Å². The number of aromatic nitrogens is 2. The minimum Gasteiger partial charge on any atom is -0.477 e. The molecule has 0 aliphatic carbocycles. The number of rotatable bonds is 6. The number of fused-ring (bicyclic) bond motifs is 6. The number of hydrogen-bond acceptors (Lipinski definition) is 8. The number of halogens is 3. The summed E-state index contributed by atoms with van der Waals surface area (Å²) in [6.07, 6.45) is -3.47. The lowest BCUT2D eigenvalue weighted by Crippen LogP contribution is -2.43. The molecule has 6 rings (SSSR count). The van der Waals surface area contributed by atoms with Crippen molar-refractivity contribution in [3.8, 4) is 11.9 Å². The van der Waals surface area contributed by atoms with E-state index < -0.39 is 40.8 Å². The van der Waals surface area contributed by atoms with Crippen LogP contribution in [0.2, 0.25) is 0 Å². The molecule has 12 heteroatoms. The van der Waals surface area contributed by atoms with E-state index in [-0.39, 0.29) is 30.8 Å². The number of carbonyl (C=O) groups is 2. The van der Waals surface area contributed by atoms with Crippen LogP contribution in [0.25, 0.3) is 10.8 Å². The van der Waals surface area contributed by atoms with Gasteiger partial charge in [-0.05, 0) is 31.9 Å². The van der Waals surface area contributed by atoms with E-state index in [9.17, 15) is 28.0 Å². The maximum Gasteiger partial charge on any atom is 0.433 e. The van der Waals surface area contributed by atoms with Gasteiger partial charge in [-0.15, -0.1) is 0 Å². The number of ether oxygens (including phenoxy) is 2. The fraction of sp³-hybridized carbons (Fsp3) is 0.414. The van der Waals surface area contributed by atoms with Gasteiger partial charge in [0, 0.05) is 37.4 Å². The predicted octanol–water partition coefficient (Wildman–Crippen LogP) is 4.48. The van der Waals surface area contributed by atoms with Crippen molar-refractivity contribution in [2.45, 2.75) is 43.6 Å². The molecule has 0 unspecified atom stereocenters. The molecule has 3 aliphatic rings. The number of imide groups is 1. The Morgan fingerprint density at radius 3 is 2.49 bits per heavy atom. The van der Waals surface area contributed by atoms with Gasteiger partial charge in [-0.1, -0.05) is 24.3 Å². The monoisotopic (exact) mass is 565 g/mol. The standard InChI is InChI=1S/C29H26F3N5O4/c1-27-10-11-28(41-27,12-13-40-21-14-20(29(30,31)32)34-26(35-21)36(2)3)23-22(27)24(38)37(25(23)39)19-9-8-16(15-33)17-6-4-5-7-18(17)19/h4-9,14,22-23H,10-13H2,1-3H3/t22-,23+,27-,28-/m0/s1. The summed E-state index contributed by atoms with van der Waals surface area (Å²) in [5, 5.41) is 10.8. The normalized spacial score (nSPS) is 26.9. The van der Waals surface area contributed by atoms with Gasteiger partial charge < -0.3 is 14.4 Å². The highest BCUT2D eigenvalue weighted by Gasteiger charge is 2.73. The molecule has 2 amide bonds. The van der Waals surface area contributed by atoms with Crippen molar-refractivity contribution in [2.24, 2.45) is 11.8 Å². The summed E-state index contributed by atoms with van der Waals surface area (Å²) in [7, 11) is 3.05. The van der Waals surface area contributed by atoms with Crippen LogP contribution in [0.3, 0.4) is 0 Å². The molecule has 1 aromatic heterocycles. The van der Waals surface area contributed by atoms with Gasteiger partial charge in [0.15, 0.2) is 5.69 Å². The molecule has 3 aromatic rings. The topological polar surface area (TPSA) is 109 Å². The zero-order chi connectivity index (χ0) is 29.3. The van der Waals surface area contributed by atoms with Gasteiger partial charge in [0.25, 0.3) is 0 Å². The van der Waals surface area contributed by atoms with Gasteiger partial charge >= 0.3 is 6.18 Å². The third kappa shape index (κ3) is 4.10. The number of alkyl halides is 3. The van der Waals surface area contributed by atoms with E-state index in [4.69, 9.17) is 9.47 Å². The second kappa shape index (κ2) is 9.14. The van der Waals surface area contributed by atoms with Crippen molar-refractivity contribution < 1.29 is 32.2 Å². The number of nitrogens with zero attached hydrogens (tertiary/aromatic N) is 5. The zero-order valence-electron chi connectivity index (χ0n) is 22.5. The Morgan fingerprint density at radius 1 is 1.10 bits per heavy atom. The first-order valence-corrected chi connectivity index (χ1v) is 13.1. The molecule has 0 spiro atoms. The van der Waals surface area contributed by atoms with Gasteiger partial charge in [0.05, 0.1) is 47.0 Å². The van der Waals surface area contributed by atoms with Crippen LogP contribution < -0.4 is 14.5 Å². The van der Waals surface area contributed by atoms with Crippen molar-refractivity contribution in [3.63, 3.8) is 0 Å². The third-order valence-electron chi connectivity index (χ3n) is 8.43. The molecule has 2 bridgehead atoms. The molecule has 4 atom stereocenters. The fourth-order valence-corrected chi connectivity index (χ4v) is 6.58. The van der Waals surface area contributed by atoms with Crippen LogP contribution >= 0.6 is 0 Å². The van der Waals surface area contributed by atoms with Gasteiger partial charge in [0.2, 0.25) is 23.6 Å². The Balaban J connectivity index is 1.29. The van der Waals surface area contributed by atoms with Crippen LogP contribution in [0.4, 0.5) is 24.8 Å². The second-order valence-electron chi connectivity index (χ2n) is 11.1. The van der Waals surface area contributed by atoms with Gasteiger partial charge in [0.1, 0.15) is 0 Å². The Kier molecular flexibility index (Phi) is 6.01. The number of hydrogen-bond donors (Lipinski definition) is 0. The molecule has 4 heterocycles. The third-order valence-corrected chi connectivity index (χ3v) is 8.43. The van der Waals surface area contributed by atoms with Gasteiger partial charge in [-0.3, -0.25) is 9.59 Å². The Labute approximate surface area is 233 Å². The Bertz CT molecular complexity index is 1640. The summed E-state index contributed by atoms with van der Waals surface area (Å²) < 4.78 is 52.3. The minimum atomic E-state index is -4.69. The highest BCUT2D eigenvalue weighted by atomic mass is 19.4. The van der Waals surface area contributed by atoms with Crippen LogP contribution in [0.5, 0.6) is 5.88 Å². The summed E-state index contributed by atoms with van der Waals surface area (Å²) in [6, 6.07) is 13.2. The highest BCUT2D eigenvalue weighted by molar-refractivity contribution is 6.26. The van der Waals surface area contributed by atoms with Crippen LogP contribution in [0.15, 0.2) is 42.5 Å². The molecule has 2 aromatic carbocycles. The number of carbonyl (C=O) groups excluding carboxylic acids is 2. The zero-order valence-corrected chi connectivity index (χ0v) is 22.5. The lowest BCUT2D eigenvalue weighted by atomic mass is 9.67. The number of nitriles is 1. The van der Waals surface area contributed by atoms with Crippen LogP contribution in [0, 0.1) is 23.2 Å². The summed E-state index contributed by atoms with van der Waals surface area (Å²) in [6.45, 7) is 1.75. The summed E-state index contributed by atoms with van der Waals surface area (Å²) in [5.41, 5.74) is -2.17. The number of benzene rings is 2. The molecule has 212 valence electrons. The summed E-state index contributed by atoms with van der Waals surface area (Å²) >= 11 is 0. The smallest absolute Gasteiger partial charge is 0.433 e. The van der Waals surface area contributed by atoms with Crippen molar-refractivity contribution in [2.75, 3.05) is 30.5 Å². The predicted molar refractivity (Wildman–Crippen MR) is 141 cm³/mol. The van der Waals surface area contributed by atoms with E-state index in [0.29, 0.717) is 34.9 Å². The van der Waals surface area contributed by atoms with Crippen molar-refractivity contribution in [3.05, 3.63) is 53.7 Å². The van der Waals surface area contributed by atoms with Crippen molar-refractivity contribution >= 4 is 34.2 Å². The molecule has 0 radical (unpaired) electrons. The first-order valence-electron chi connectivity index (χ1n) is 13.1. The van der Waals surface area contributed by atoms with E-state index in [1.54, 1.807) is 36.4 Å². The SMILES string of the molecule is CN(C)c1nc(OCC[C@]23CC[C@](C)(O2)[C@@H]2C(=O)N(c4ccc(C#N)c5ccccc45)C(=O)[C@@H]23)cc(C(F)(F)F)n1. The number of anilines is 2. The average Bonchev–Trinajstić information content (AvgIpc) is 3.51. The van der Waals surface area contributed by atoms with E-state index in [0.717, 1.165) is 6.07 Å². The highest BCUT2D eigenvalue weighted by Crippen LogP contribution is 2.62. The maximum atomic E-state index is 14.0. The summed E-state index contributed by atoms with van der Waals surface area (Å²) in [5.74, 6) is -2.65. The lowest BCUT2D eigenvalue weighted by Gasteiger charge is -2.31. The van der Waals surface area contributed by atoms with E-state index in [2.05, 4.69) is 16.0 Å². The molecule has 3 saturated heterocycles. The Morgan fingerprint density at radius 2 is 1.80 bits per heavy atom. The van der Waals surface area contributed by atoms with Gasteiger partial charge in [-0.25, -0.2) is 9.88 Å². The molecule has 0 saturated carbocycles. The maximum absolute atomic E-state index is 14.0. The van der Waals surface area contributed by atoms with Crippen molar-refractivity contribution in [1.29, 1.82) is 5.26 Å². The molecular formula is C29H26F3N5O4. The average molecular weight is 566 g/mol. The Hall–Kier alpha value is -4.24. The fourth-order valence-electron chi connectivity index (χ4n) is 6.58. The molecule has 3 aliphatic heterocycles. The summed E-state index contributed by atoms with van der Waals surface area (Å²) in [4.78, 5) is 38.0. The van der Waals surface area contributed by atoms with E-state index >= 15 is 0 Å². The largest absolute Gasteiger partial charge is 0.477 e. The number of amides is 2. The van der Waals surface area contributed by atoms with Crippen LogP contribution in [-0.4, -0.2) is 53.7 Å². The molecule has 41 heavy (non-hydrogen) atoms. The second-order valence-corrected chi connectivity index (χ2v) is 11.1. The van der Waals surface area contributed by atoms with Gasteiger partial charge in [-0.2, -0.15) is 23.4 Å². The van der Waals surface area contributed by atoms with Crippen LogP contribution in [-0.2, 0) is 20.5 Å². The quantitative estimate of drug-likeness (QED) is 0.403. The molecular weight excluding hydrogens is 539 g/mol. The van der Waals surface area contributed by atoms with Crippen LogP contribution in [0.1, 0.15) is 37.4 Å². The molecule has 3 fully saturated rings. The minimum absolute atomic E-state index is 0.0816.